The van der Waals surface area contributed by atoms with Crippen LogP contribution in [0.3, 0.4) is 0 Å². The van der Waals surface area contributed by atoms with Gasteiger partial charge in [0.2, 0.25) is 17.7 Å². The highest BCUT2D eigenvalue weighted by Crippen LogP contribution is 2.13. The Morgan fingerprint density at radius 2 is 1.08 bits per heavy atom. The normalized spacial score (nSPS) is 13.3. The van der Waals surface area contributed by atoms with Crippen molar-refractivity contribution in [3.05, 3.63) is 102 Å². The molecule has 0 radical (unpaired) electrons. The molecular weight excluding hydrogens is 670 g/mol. The average molecular weight is 728 g/mol. The number of Topliss-reactive ketones (excluding diaryl/α,β-unsaturated/α-hetero) is 1. The van der Waals surface area contributed by atoms with Crippen molar-refractivity contribution in [2.45, 2.75) is 97.3 Å². The third-order valence-corrected chi connectivity index (χ3v) is 8.58. The maximum absolute atomic E-state index is 14.1. The van der Waals surface area contributed by atoms with Gasteiger partial charge in [-0.15, -0.1) is 0 Å². The van der Waals surface area contributed by atoms with Gasteiger partial charge in [-0.2, -0.15) is 0 Å². The summed E-state index contributed by atoms with van der Waals surface area (Å²) in [5.41, 5.74) is 2.38. The number of rotatable bonds is 22. The number of hydrogen-bond donors (Lipinski definition) is 5. The van der Waals surface area contributed by atoms with E-state index in [4.69, 9.17) is 4.74 Å². The van der Waals surface area contributed by atoms with Crippen LogP contribution in [0.5, 0.6) is 0 Å². The number of ether oxygens (including phenoxy) is 1. The summed E-state index contributed by atoms with van der Waals surface area (Å²) in [5, 5.41) is 14.2. The van der Waals surface area contributed by atoms with Gasteiger partial charge in [-0.3, -0.25) is 19.2 Å². The molecule has 0 fully saturated rings. The molecule has 0 heterocycles. The van der Waals surface area contributed by atoms with Crippen molar-refractivity contribution in [2.24, 2.45) is 11.8 Å². The van der Waals surface area contributed by atoms with Crippen LogP contribution >= 0.6 is 0 Å². The molecule has 0 aliphatic rings. The summed E-state index contributed by atoms with van der Waals surface area (Å²) >= 11 is 0. The number of carbonyl (C=O) groups is 5. The molecule has 53 heavy (non-hydrogen) atoms. The summed E-state index contributed by atoms with van der Waals surface area (Å²) < 4.78 is 5.38. The van der Waals surface area contributed by atoms with E-state index in [2.05, 4.69) is 26.6 Å². The Hall–Kier alpha value is -5.03. The Bertz CT molecular complexity index is 1570. The predicted molar refractivity (Wildman–Crippen MR) is 208 cm³/mol. The number of aryl methyl sites for hydroxylation is 1. The summed E-state index contributed by atoms with van der Waals surface area (Å²) in [5.74, 6) is -1.56. The summed E-state index contributed by atoms with van der Waals surface area (Å²) in [6.07, 6.45) is 1.83. The molecule has 0 spiro atoms. The molecule has 0 saturated heterocycles. The minimum Gasteiger partial charge on any atom is -0.381 e. The van der Waals surface area contributed by atoms with Crippen molar-refractivity contribution in [3.8, 4) is 0 Å². The average Bonchev–Trinajstić information content (AvgIpc) is 3.13. The van der Waals surface area contributed by atoms with Gasteiger partial charge in [0.1, 0.15) is 18.1 Å². The van der Waals surface area contributed by atoms with Crippen LogP contribution in [0.4, 0.5) is 10.5 Å². The zero-order valence-corrected chi connectivity index (χ0v) is 31.7. The van der Waals surface area contributed by atoms with Gasteiger partial charge >= 0.3 is 6.03 Å². The molecule has 2 unspecified atom stereocenters. The number of hydrogen-bond acceptors (Lipinski definition) is 6. The highest BCUT2D eigenvalue weighted by Gasteiger charge is 2.32. The Kier molecular flexibility index (Phi) is 18.2. The van der Waals surface area contributed by atoms with E-state index < -0.39 is 47.9 Å². The van der Waals surface area contributed by atoms with Gasteiger partial charge in [-0.05, 0) is 67.7 Å². The quantitative estimate of drug-likeness (QED) is 0.0851. The summed E-state index contributed by atoms with van der Waals surface area (Å²) in [6.45, 7) is 10.4. The minimum atomic E-state index is -1.03. The second-order valence-corrected chi connectivity index (χ2v) is 14.1. The third kappa shape index (κ3) is 16.0. The van der Waals surface area contributed by atoms with Crippen molar-refractivity contribution in [1.82, 2.24) is 21.3 Å². The van der Waals surface area contributed by atoms with Gasteiger partial charge < -0.3 is 31.3 Å². The molecule has 5 amide bonds. The molecule has 0 aromatic heterocycles. The van der Waals surface area contributed by atoms with Crippen LogP contribution in [0, 0.1) is 11.8 Å². The molecule has 0 aliphatic carbocycles. The summed E-state index contributed by atoms with van der Waals surface area (Å²) in [7, 11) is 0. The topological polar surface area (TPSA) is 155 Å². The van der Waals surface area contributed by atoms with E-state index in [-0.39, 0.29) is 49.9 Å². The number of amides is 5. The molecule has 3 aromatic rings. The van der Waals surface area contributed by atoms with E-state index in [1.54, 1.807) is 24.3 Å². The van der Waals surface area contributed by atoms with Crippen LogP contribution in [0.25, 0.3) is 0 Å². The number of benzene rings is 3. The molecule has 3 aromatic carbocycles. The van der Waals surface area contributed by atoms with E-state index in [9.17, 15) is 24.0 Å². The fourth-order valence-electron chi connectivity index (χ4n) is 5.88. The first-order valence-corrected chi connectivity index (χ1v) is 18.7. The van der Waals surface area contributed by atoms with Gasteiger partial charge in [0, 0.05) is 25.1 Å². The second kappa shape index (κ2) is 22.8. The predicted octanol–water partition coefficient (Wildman–Crippen LogP) is 5.59. The highest BCUT2D eigenvalue weighted by atomic mass is 16.5. The van der Waals surface area contributed by atoms with Crippen molar-refractivity contribution in [2.75, 3.05) is 18.5 Å². The molecule has 4 atom stereocenters. The van der Waals surface area contributed by atoms with Crippen molar-refractivity contribution >= 4 is 35.2 Å². The van der Waals surface area contributed by atoms with Crippen LogP contribution in [0.1, 0.15) is 71.4 Å². The Morgan fingerprint density at radius 3 is 1.66 bits per heavy atom. The first kappa shape index (κ1) is 42.4. The maximum Gasteiger partial charge on any atom is 0.319 e. The van der Waals surface area contributed by atoms with Crippen molar-refractivity contribution < 1.29 is 28.7 Å². The molecule has 3 rings (SSSR count). The lowest BCUT2D eigenvalue weighted by molar-refractivity contribution is -0.134. The van der Waals surface area contributed by atoms with E-state index in [0.717, 1.165) is 11.1 Å². The molecule has 0 aliphatic heterocycles. The largest absolute Gasteiger partial charge is 0.381 e. The van der Waals surface area contributed by atoms with Gasteiger partial charge in [0.05, 0.1) is 12.6 Å². The van der Waals surface area contributed by atoms with Gasteiger partial charge in [-0.25, -0.2) is 4.79 Å². The molecule has 0 bridgehead atoms. The van der Waals surface area contributed by atoms with Gasteiger partial charge in [0.15, 0.2) is 5.78 Å². The fourth-order valence-corrected chi connectivity index (χ4v) is 5.88. The van der Waals surface area contributed by atoms with Crippen LogP contribution in [0.2, 0.25) is 0 Å². The summed E-state index contributed by atoms with van der Waals surface area (Å²) in [6, 6.07) is 23.5. The maximum atomic E-state index is 14.1. The molecule has 11 nitrogen and oxygen atoms in total. The third-order valence-electron chi connectivity index (χ3n) is 8.58. The first-order chi connectivity index (χ1) is 25.4. The zero-order chi connectivity index (χ0) is 38.6. The SMILES string of the molecule is CCOCCC(=O)C(CC(C)C)NC(=O)[C@H](Cc1ccccc1)NC(=O)C(CC(C)C)NC(=O)[C@H](CCc1ccccc1)NC(=O)Nc1ccccc1. The first-order valence-electron chi connectivity index (χ1n) is 18.7. The number of urea groups is 1. The number of ketones is 1. The Morgan fingerprint density at radius 1 is 0.585 bits per heavy atom. The van der Waals surface area contributed by atoms with Crippen LogP contribution in [-0.4, -0.2) is 66.9 Å². The summed E-state index contributed by atoms with van der Waals surface area (Å²) in [4.78, 5) is 68.1. The molecule has 286 valence electrons. The fraction of sp³-hybridized carbons (Fsp3) is 0.452. The Balaban J connectivity index is 1.82. The van der Waals surface area contributed by atoms with Gasteiger partial charge in [-0.1, -0.05) is 107 Å². The molecule has 0 saturated carbocycles. The van der Waals surface area contributed by atoms with E-state index in [1.165, 1.54) is 0 Å². The smallest absolute Gasteiger partial charge is 0.319 e. The number of nitrogens with one attached hydrogen (secondary N) is 5. The van der Waals surface area contributed by atoms with Crippen LogP contribution in [0.15, 0.2) is 91.0 Å². The van der Waals surface area contributed by atoms with Crippen LogP contribution < -0.4 is 26.6 Å². The van der Waals surface area contributed by atoms with E-state index >= 15 is 0 Å². The minimum absolute atomic E-state index is 0.00272. The number of anilines is 1. The number of para-hydroxylation sites is 1. The zero-order valence-electron chi connectivity index (χ0n) is 31.7. The van der Waals surface area contributed by atoms with E-state index in [1.807, 2.05) is 101 Å². The standard InChI is InChI=1S/C42H57N5O6/c1-6-53-25-24-38(48)35(26-29(2)3)44-41(51)37(28-32-18-12-8-13-19-32)46-40(50)36(27-30(4)5)45-39(49)34(23-22-31-16-10-7-11-17-31)47-42(52)43-33-20-14-9-15-21-33/h7-21,29-30,34-37H,6,22-28H2,1-5H3,(H,44,51)(H,45,49)(H,46,50)(H2,43,47,52)/t34-,35?,36?,37-/m0/s1. The highest BCUT2D eigenvalue weighted by molar-refractivity contribution is 5.97. The van der Waals surface area contributed by atoms with Crippen LogP contribution in [-0.2, 0) is 36.8 Å². The Labute approximate surface area is 314 Å². The van der Waals surface area contributed by atoms with Gasteiger partial charge in [0.25, 0.3) is 0 Å². The lowest BCUT2D eigenvalue weighted by atomic mass is 9.97. The van der Waals surface area contributed by atoms with E-state index in [0.29, 0.717) is 25.1 Å². The van der Waals surface area contributed by atoms with Crippen molar-refractivity contribution in [3.63, 3.8) is 0 Å². The second-order valence-electron chi connectivity index (χ2n) is 14.1. The van der Waals surface area contributed by atoms with Crippen molar-refractivity contribution in [1.29, 1.82) is 0 Å². The molecule has 11 heteroatoms. The monoisotopic (exact) mass is 727 g/mol. The lowest BCUT2D eigenvalue weighted by Crippen LogP contribution is -2.58. The molecular formula is C42H57N5O6. The lowest BCUT2D eigenvalue weighted by Gasteiger charge is -2.28. The number of carbonyl (C=O) groups excluding carboxylic acids is 5. The molecule has 5 N–H and O–H groups in total.